The van der Waals surface area contributed by atoms with Gasteiger partial charge in [0, 0.05) is 44.8 Å². The highest BCUT2D eigenvalue weighted by Crippen LogP contribution is 2.37. The Labute approximate surface area is 126 Å². The standard InChI is InChI=1S/C16H24N4O/c1-2-3-8-16(18-19-16)9-6-15(21)17-11-13-7-10-20(12-13)14-4-5-14/h1,13-14H,3-12H2,(H,17,21). The number of nitrogens with zero attached hydrogens (tertiary/aromatic N) is 3. The molecule has 1 saturated heterocycles. The minimum absolute atomic E-state index is 0.122. The predicted molar refractivity (Wildman–Crippen MR) is 80.6 cm³/mol. The molecule has 114 valence electrons. The second-order valence-electron chi connectivity index (χ2n) is 6.57. The number of hydrogen-bond donors (Lipinski definition) is 1. The van der Waals surface area contributed by atoms with Crippen LogP contribution in [0, 0.1) is 18.3 Å². The first-order valence-corrected chi connectivity index (χ1v) is 8.09. The molecule has 2 heterocycles. The van der Waals surface area contributed by atoms with E-state index in [4.69, 9.17) is 6.42 Å². The number of hydrogen-bond acceptors (Lipinski definition) is 4. The van der Waals surface area contributed by atoms with Crippen LogP contribution in [0.25, 0.3) is 0 Å². The van der Waals surface area contributed by atoms with E-state index in [1.807, 2.05) is 0 Å². The van der Waals surface area contributed by atoms with Gasteiger partial charge in [0.15, 0.2) is 5.66 Å². The molecule has 1 atom stereocenters. The summed E-state index contributed by atoms with van der Waals surface area (Å²) in [7, 11) is 0. The minimum Gasteiger partial charge on any atom is -0.356 e. The third-order valence-corrected chi connectivity index (χ3v) is 4.77. The third kappa shape index (κ3) is 4.04. The minimum atomic E-state index is -0.333. The molecule has 1 saturated carbocycles. The highest BCUT2D eigenvalue weighted by atomic mass is 16.1. The van der Waals surface area contributed by atoms with Gasteiger partial charge < -0.3 is 10.2 Å². The topological polar surface area (TPSA) is 57.1 Å². The molecule has 0 radical (unpaired) electrons. The Hall–Kier alpha value is -1.41. The van der Waals surface area contributed by atoms with E-state index in [-0.39, 0.29) is 11.6 Å². The normalized spacial score (nSPS) is 26.5. The number of likely N-dealkylation sites (tertiary alicyclic amines) is 1. The van der Waals surface area contributed by atoms with Gasteiger partial charge in [0.2, 0.25) is 5.91 Å². The Morgan fingerprint density at radius 3 is 2.81 bits per heavy atom. The molecule has 0 spiro atoms. The molecular formula is C16H24N4O. The van der Waals surface area contributed by atoms with Crippen LogP contribution in [-0.2, 0) is 4.79 Å². The summed E-state index contributed by atoms with van der Waals surface area (Å²) in [5, 5.41) is 11.2. The monoisotopic (exact) mass is 288 g/mol. The molecule has 2 aliphatic heterocycles. The maximum Gasteiger partial charge on any atom is 0.220 e. The van der Waals surface area contributed by atoms with Gasteiger partial charge >= 0.3 is 0 Å². The number of carbonyl (C=O) groups is 1. The molecule has 2 fully saturated rings. The fraction of sp³-hybridized carbons (Fsp3) is 0.812. The first-order valence-electron chi connectivity index (χ1n) is 8.09. The summed E-state index contributed by atoms with van der Waals surface area (Å²) in [5.41, 5.74) is -0.333. The van der Waals surface area contributed by atoms with E-state index in [0.29, 0.717) is 25.2 Å². The highest BCUT2D eigenvalue weighted by molar-refractivity contribution is 5.76. The molecule has 1 aliphatic carbocycles. The van der Waals surface area contributed by atoms with Crippen molar-refractivity contribution in [3.63, 3.8) is 0 Å². The number of rotatable bonds is 8. The molecule has 0 aromatic heterocycles. The van der Waals surface area contributed by atoms with Crippen molar-refractivity contribution in [2.75, 3.05) is 19.6 Å². The van der Waals surface area contributed by atoms with Crippen LogP contribution in [0.1, 0.15) is 44.9 Å². The van der Waals surface area contributed by atoms with Crippen molar-refractivity contribution in [2.24, 2.45) is 16.1 Å². The van der Waals surface area contributed by atoms with Crippen LogP contribution in [0.3, 0.4) is 0 Å². The number of terminal acetylenes is 1. The molecule has 1 N–H and O–H groups in total. The second kappa shape index (κ2) is 6.15. The Bertz CT molecular complexity index is 457. The molecule has 0 aromatic rings. The van der Waals surface area contributed by atoms with Gasteiger partial charge in [-0.15, -0.1) is 12.3 Å². The van der Waals surface area contributed by atoms with E-state index in [2.05, 4.69) is 26.4 Å². The van der Waals surface area contributed by atoms with E-state index in [1.165, 1.54) is 25.8 Å². The SMILES string of the molecule is C#CCCC1(CCC(=O)NCC2CCN(C3CC3)C2)N=N1. The quantitative estimate of drug-likeness (QED) is 0.694. The van der Waals surface area contributed by atoms with Crippen molar-refractivity contribution in [1.82, 2.24) is 10.2 Å². The molecule has 3 aliphatic rings. The molecule has 0 aromatic carbocycles. The van der Waals surface area contributed by atoms with Crippen molar-refractivity contribution in [1.29, 1.82) is 0 Å². The van der Waals surface area contributed by atoms with E-state index in [9.17, 15) is 4.79 Å². The molecule has 0 bridgehead atoms. The predicted octanol–water partition coefficient (Wildman–Crippen LogP) is 1.94. The van der Waals surface area contributed by atoms with E-state index in [0.717, 1.165) is 25.6 Å². The zero-order chi connectivity index (χ0) is 14.7. The fourth-order valence-electron chi connectivity index (χ4n) is 3.13. The zero-order valence-electron chi connectivity index (χ0n) is 12.6. The Balaban J connectivity index is 1.29. The van der Waals surface area contributed by atoms with E-state index >= 15 is 0 Å². The van der Waals surface area contributed by atoms with Crippen molar-refractivity contribution >= 4 is 5.91 Å². The Morgan fingerprint density at radius 1 is 1.33 bits per heavy atom. The van der Waals surface area contributed by atoms with Crippen molar-refractivity contribution in [2.45, 2.75) is 56.7 Å². The van der Waals surface area contributed by atoms with E-state index in [1.54, 1.807) is 0 Å². The molecule has 1 unspecified atom stereocenters. The Morgan fingerprint density at radius 2 is 2.14 bits per heavy atom. The number of carbonyl (C=O) groups excluding carboxylic acids is 1. The summed E-state index contributed by atoms with van der Waals surface area (Å²) in [6.07, 6.45) is 11.8. The summed E-state index contributed by atoms with van der Waals surface area (Å²) in [6, 6.07) is 0.847. The summed E-state index contributed by atoms with van der Waals surface area (Å²) < 4.78 is 0. The van der Waals surface area contributed by atoms with Crippen molar-refractivity contribution in [3.8, 4) is 12.3 Å². The summed E-state index contributed by atoms with van der Waals surface area (Å²) >= 11 is 0. The van der Waals surface area contributed by atoms with Gasteiger partial charge in [0.25, 0.3) is 0 Å². The smallest absolute Gasteiger partial charge is 0.220 e. The van der Waals surface area contributed by atoms with Gasteiger partial charge in [-0.2, -0.15) is 10.2 Å². The lowest BCUT2D eigenvalue weighted by atomic mass is 10.0. The lowest BCUT2D eigenvalue weighted by Gasteiger charge is -2.15. The lowest BCUT2D eigenvalue weighted by Crippen LogP contribution is -2.32. The van der Waals surface area contributed by atoms with Gasteiger partial charge in [-0.05, 0) is 31.7 Å². The molecule has 21 heavy (non-hydrogen) atoms. The summed E-state index contributed by atoms with van der Waals surface area (Å²) in [6.45, 7) is 3.17. The largest absolute Gasteiger partial charge is 0.356 e. The Kier molecular flexibility index (Phi) is 4.25. The average Bonchev–Trinajstić information content (AvgIpc) is 3.42. The number of amides is 1. The first-order chi connectivity index (χ1) is 10.2. The van der Waals surface area contributed by atoms with Crippen LogP contribution in [0.4, 0.5) is 0 Å². The first kappa shape index (κ1) is 14.5. The molecule has 5 heteroatoms. The number of nitrogens with one attached hydrogen (secondary N) is 1. The van der Waals surface area contributed by atoms with Crippen LogP contribution in [0.15, 0.2) is 10.2 Å². The van der Waals surface area contributed by atoms with Gasteiger partial charge in [-0.3, -0.25) is 4.79 Å². The maximum absolute atomic E-state index is 11.9. The van der Waals surface area contributed by atoms with Crippen LogP contribution >= 0.6 is 0 Å². The van der Waals surface area contributed by atoms with Crippen molar-refractivity contribution < 1.29 is 4.79 Å². The van der Waals surface area contributed by atoms with Gasteiger partial charge in [-0.25, -0.2) is 0 Å². The molecule has 3 rings (SSSR count). The molecule has 5 nitrogen and oxygen atoms in total. The zero-order valence-corrected chi connectivity index (χ0v) is 12.6. The van der Waals surface area contributed by atoms with Gasteiger partial charge in [-0.1, -0.05) is 0 Å². The van der Waals surface area contributed by atoms with Crippen LogP contribution in [0.5, 0.6) is 0 Å². The van der Waals surface area contributed by atoms with Crippen LogP contribution in [-0.4, -0.2) is 42.1 Å². The van der Waals surface area contributed by atoms with E-state index < -0.39 is 0 Å². The molecule has 1 amide bonds. The van der Waals surface area contributed by atoms with Crippen LogP contribution in [0.2, 0.25) is 0 Å². The maximum atomic E-state index is 11.9. The van der Waals surface area contributed by atoms with Crippen LogP contribution < -0.4 is 5.32 Å². The highest BCUT2D eigenvalue weighted by Gasteiger charge is 2.39. The van der Waals surface area contributed by atoms with Gasteiger partial charge in [0.1, 0.15) is 0 Å². The summed E-state index contributed by atoms with van der Waals surface area (Å²) in [4.78, 5) is 14.5. The second-order valence-corrected chi connectivity index (χ2v) is 6.57. The average molecular weight is 288 g/mol. The summed E-state index contributed by atoms with van der Waals surface area (Å²) in [5.74, 6) is 3.35. The fourth-order valence-corrected chi connectivity index (χ4v) is 3.13. The molecular weight excluding hydrogens is 264 g/mol. The van der Waals surface area contributed by atoms with Gasteiger partial charge in [0.05, 0.1) is 0 Å². The third-order valence-electron chi connectivity index (χ3n) is 4.77. The lowest BCUT2D eigenvalue weighted by molar-refractivity contribution is -0.121. The van der Waals surface area contributed by atoms with Crippen molar-refractivity contribution in [3.05, 3.63) is 0 Å².